The minimum atomic E-state index is 0.304. The second-order valence-electron chi connectivity index (χ2n) is 3.91. The van der Waals surface area contributed by atoms with Gasteiger partial charge in [-0.2, -0.15) is 0 Å². The highest BCUT2D eigenvalue weighted by atomic mass is 79.9. The Morgan fingerprint density at radius 1 is 1.53 bits per heavy atom. The van der Waals surface area contributed by atoms with Gasteiger partial charge in [-0.3, -0.25) is 0 Å². The lowest BCUT2D eigenvalue weighted by Gasteiger charge is -2.14. The Morgan fingerprint density at radius 2 is 2.27 bits per heavy atom. The molecule has 1 aromatic heterocycles. The van der Waals surface area contributed by atoms with Crippen molar-refractivity contribution in [3.05, 3.63) is 19.2 Å². The zero-order valence-electron chi connectivity index (χ0n) is 8.30. The molecule has 1 saturated carbocycles. The number of halogens is 2. The van der Waals surface area contributed by atoms with E-state index in [4.69, 9.17) is 5.73 Å². The Hall–Kier alpha value is 0.580. The van der Waals surface area contributed by atoms with Crippen LogP contribution in [0.2, 0.25) is 0 Å². The summed E-state index contributed by atoms with van der Waals surface area (Å²) in [4.78, 5) is 1.30. The standard InChI is InChI=1S/C10H14Br2N2S/c11-7-3-9(15-10(7)12)8(4-13)14-5-6-1-2-6/h3,6,8,14H,1-2,4-5,13H2. The van der Waals surface area contributed by atoms with Gasteiger partial charge in [0.25, 0.3) is 0 Å². The summed E-state index contributed by atoms with van der Waals surface area (Å²) in [6, 6.07) is 2.45. The summed E-state index contributed by atoms with van der Waals surface area (Å²) in [5.41, 5.74) is 5.78. The van der Waals surface area contributed by atoms with Crippen LogP contribution in [0.4, 0.5) is 0 Å². The molecule has 0 aliphatic heterocycles. The van der Waals surface area contributed by atoms with Gasteiger partial charge in [0.1, 0.15) is 0 Å². The maximum Gasteiger partial charge on any atom is 0.0843 e. The minimum absolute atomic E-state index is 0.304. The predicted octanol–water partition coefficient (Wildman–Crippen LogP) is 3.27. The van der Waals surface area contributed by atoms with Gasteiger partial charge in [-0.05, 0) is 63.2 Å². The van der Waals surface area contributed by atoms with Crippen molar-refractivity contribution in [3.63, 3.8) is 0 Å². The van der Waals surface area contributed by atoms with Crippen molar-refractivity contribution in [2.45, 2.75) is 18.9 Å². The lowest BCUT2D eigenvalue weighted by molar-refractivity contribution is 0.528. The highest BCUT2D eigenvalue weighted by Crippen LogP contribution is 2.36. The molecule has 0 bridgehead atoms. The molecule has 84 valence electrons. The van der Waals surface area contributed by atoms with Crippen LogP contribution < -0.4 is 11.1 Å². The highest BCUT2D eigenvalue weighted by molar-refractivity contribution is 9.13. The van der Waals surface area contributed by atoms with Crippen LogP contribution in [0.1, 0.15) is 23.8 Å². The number of hydrogen-bond acceptors (Lipinski definition) is 3. The van der Waals surface area contributed by atoms with E-state index in [0.29, 0.717) is 12.6 Å². The summed E-state index contributed by atoms with van der Waals surface area (Å²) in [6.45, 7) is 1.76. The molecule has 5 heteroatoms. The van der Waals surface area contributed by atoms with Crippen LogP contribution in [0.3, 0.4) is 0 Å². The number of thiophene rings is 1. The van der Waals surface area contributed by atoms with E-state index in [-0.39, 0.29) is 0 Å². The Bertz CT molecular complexity index is 317. The third-order valence-electron chi connectivity index (χ3n) is 2.59. The van der Waals surface area contributed by atoms with Gasteiger partial charge in [0.2, 0.25) is 0 Å². The van der Waals surface area contributed by atoms with Gasteiger partial charge in [0.15, 0.2) is 0 Å². The SMILES string of the molecule is NCC(NCC1CC1)c1cc(Br)c(Br)s1. The van der Waals surface area contributed by atoms with Crippen LogP contribution in [-0.2, 0) is 0 Å². The molecule has 2 nitrogen and oxygen atoms in total. The minimum Gasteiger partial charge on any atom is -0.329 e. The van der Waals surface area contributed by atoms with Gasteiger partial charge < -0.3 is 11.1 Å². The molecule has 1 aliphatic carbocycles. The molecule has 0 aromatic carbocycles. The van der Waals surface area contributed by atoms with E-state index < -0.39 is 0 Å². The van der Waals surface area contributed by atoms with Gasteiger partial charge >= 0.3 is 0 Å². The van der Waals surface area contributed by atoms with Crippen LogP contribution in [0.25, 0.3) is 0 Å². The average molecular weight is 354 g/mol. The Labute approximate surface area is 111 Å². The van der Waals surface area contributed by atoms with Crippen molar-refractivity contribution >= 4 is 43.2 Å². The molecule has 1 unspecified atom stereocenters. The van der Waals surface area contributed by atoms with E-state index >= 15 is 0 Å². The van der Waals surface area contributed by atoms with Crippen LogP contribution >= 0.6 is 43.2 Å². The predicted molar refractivity (Wildman–Crippen MR) is 72.2 cm³/mol. The summed E-state index contributed by atoms with van der Waals surface area (Å²) in [5, 5.41) is 3.53. The quantitative estimate of drug-likeness (QED) is 0.852. The second kappa shape index (κ2) is 5.27. The van der Waals surface area contributed by atoms with Crippen LogP contribution in [0, 0.1) is 5.92 Å². The summed E-state index contributed by atoms with van der Waals surface area (Å²) >= 11 is 8.76. The lowest BCUT2D eigenvalue weighted by atomic mass is 10.2. The van der Waals surface area contributed by atoms with Crippen LogP contribution in [0.15, 0.2) is 14.3 Å². The maximum atomic E-state index is 5.78. The van der Waals surface area contributed by atoms with E-state index in [0.717, 1.165) is 20.7 Å². The molecule has 0 spiro atoms. The first-order valence-corrected chi connectivity index (χ1v) is 7.49. The van der Waals surface area contributed by atoms with Gasteiger partial charge in [-0.15, -0.1) is 11.3 Å². The molecular weight excluding hydrogens is 340 g/mol. The molecule has 1 aromatic rings. The van der Waals surface area contributed by atoms with Crippen LogP contribution in [-0.4, -0.2) is 13.1 Å². The number of rotatable bonds is 5. The lowest BCUT2D eigenvalue weighted by Crippen LogP contribution is -2.29. The fraction of sp³-hybridized carbons (Fsp3) is 0.600. The average Bonchev–Trinajstić information content (AvgIpc) is 2.96. The van der Waals surface area contributed by atoms with E-state index in [1.807, 2.05) is 0 Å². The summed E-state index contributed by atoms with van der Waals surface area (Å²) in [7, 11) is 0. The smallest absolute Gasteiger partial charge is 0.0843 e. The number of hydrogen-bond donors (Lipinski definition) is 2. The Balaban J connectivity index is 1.97. The fourth-order valence-electron chi connectivity index (χ4n) is 1.47. The van der Waals surface area contributed by atoms with Crippen molar-refractivity contribution in [1.82, 2.24) is 5.32 Å². The normalized spacial score (nSPS) is 18.1. The molecule has 3 N–H and O–H groups in total. The molecule has 1 fully saturated rings. The summed E-state index contributed by atoms with van der Waals surface area (Å²) < 4.78 is 2.26. The van der Waals surface area contributed by atoms with Gasteiger partial charge in [-0.25, -0.2) is 0 Å². The topological polar surface area (TPSA) is 38.0 Å². The first kappa shape index (κ1) is 12.0. The molecular formula is C10H14Br2N2S. The van der Waals surface area contributed by atoms with E-state index in [2.05, 4.69) is 43.2 Å². The van der Waals surface area contributed by atoms with Gasteiger partial charge in [0.05, 0.1) is 9.83 Å². The molecule has 1 atom stereocenters. The van der Waals surface area contributed by atoms with Crippen molar-refractivity contribution < 1.29 is 0 Å². The number of nitrogens with two attached hydrogens (primary N) is 1. The monoisotopic (exact) mass is 352 g/mol. The molecule has 2 rings (SSSR count). The molecule has 0 radical (unpaired) electrons. The third-order valence-corrected chi connectivity index (χ3v) is 5.96. The molecule has 1 aliphatic rings. The molecule has 0 amide bonds. The van der Waals surface area contributed by atoms with E-state index in [9.17, 15) is 0 Å². The van der Waals surface area contributed by atoms with Crippen LogP contribution in [0.5, 0.6) is 0 Å². The van der Waals surface area contributed by atoms with Crippen molar-refractivity contribution in [2.75, 3.05) is 13.1 Å². The van der Waals surface area contributed by atoms with Crippen molar-refractivity contribution in [2.24, 2.45) is 11.7 Å². The zero-order valence-corrected chi connectivity index (χ0v) is 12.3. The van der Waals surface area contributed by atoms with E-state index in [1.165, 1.54) is 17.7 Å². The number of nitrogens with one attached hydrogen (secondary N) is 1. The zero-order chi connectivity index (χ0) is 10.8. The second-order valence-corrected chi connectivity index (χ2v) is 7.17. The van der Waals surface area contributed by atoms with Gasteiger partial charge in [0, 0.05) is 15.9 Å². The molecule has 15 heavy (non-hydrogen) atoms. The molecule has 0 saturated heterocycles. The first-order valence-electron chi connectivity index (χ1n) is 5.09. The van der Waals surface area contributed by atoms with Crippen molar-refractivity contribution in [3.8, 4) is 0 Å². The first-order chi connectivity index (χ1) is 7.20. The van der Waals surface area contributed by atoms with E-state index in [1.54, 1.807) is 11.3 Å². The van der Waals surface area contributed by atoms with Gasteiger partial charge in [-0.1, -0.05) is 0 Å². The maximum absolute atomic E-state index is 5.78. The third kappa shape index (κ3) is 3.27. The Kier molecular flexibility index (Phi) is 4.24. The fourth-order valence-corrected chi connectivity index (χ4v) is 3.64. The Morgan fingerprint density at radius 3 is 2.73 bits per heavy atom. The summed E-state index contributed by atoms with van der Waals surface area (Å²) in [6.07, 6.45) is 2.75. The van der Waals surface area contributed by atoms with Crippen molar-refractivity contribution in [1.29, 1.82) is 0 Å². The molecule has 1 heterocycles. The largest absolute Gasteiger partial charge is 0.329 e. The summed E-state index contributed by atoms with van der Waals surface area (Å²) in [5.74, 6) is 0.894. The highest BCUT2D eigenvalue weighted by Gasteiger charge is 2.23.